The molecule has 0 atom stereocenters. The highest BCUT2D eigenvalue weighted by molar-refractivity contribution is 6.36. The number of phenols is 1. The van der Waals surface area contributed by atoms with E-state index < -0.39 is 0 Å². The smallest absolute Gasteiger partial charge is 0.163 e. The fraction of sp³-hybridized carbons (Fsp3) is 0.375. The van der Waals surface area contributed by atoms with Gasteiger partial charge in [-0.2, -0.15) is 5.26 Å². The maximum absolute atomic E-state index is 10.1. The number of morpholine rings is 1. The predicted octanol–water partition coefficient (Wildman–Crippen LogP) is 2.18. The number of phenolic OH excluding ortho intramolecular Hbond substituents is 1. The molecule has 0 aliphatic carbocycles. The van der Waals surface area contributed by atoms with E-state index >= 15 is 0 Å². The molecule has 23 heavy (non-hydrogen) atoms. The summed E-state index contributed by atoms with van der Waals surface area (Å²) in [7, 11) is 0. The van der Waals surface area contributed by atoms with Gasteiger partial charge in [0, 0.05) is 37.3 Å². The highest BCUT2D eigenvalue weighted by atomic mass is 35.5. The number of aromatic nitrogens is 1. The number of nitriles is 1. The normalized spacial score (nSPS) is 15.5. The highest BCUT2D eigenvalue weighted by Crippen LogP contribution is 2.34. The Morgan fingerprint density at radius 3 is 2.91 bits per heavy atom. The van der Waals surface area contributed by atoms with Crippen molar-refractivity contribution in [3.63, 3.8) is 0 Å². The van der Waals surface area contributed by atoms with Gasteiger partial charge in [0.1, 0.15) is 12.7 Å². The van der Waals surface area contributed by atoms with Crippen LogP contribution in [-0.4, -0.2) is 54.4 Å². The number of pyridine rings is 1. The molecule has 0 amide bonds. The van der Waals surface area contributed by atoms with Crippen LogP contribution in [0.3, 0.4) is 0 Å². The van der Waals surface area contributed by atoms with Gasteiger partial charge in [0.2, 0.25) is 0 Å². The number of nitrogens with zero attached hydrogens (tertiary/aromatic N) is 3. The first-order valence-corrected chi connectivity index (χ1v) is 7.71. The molecule has 3 rings (SSSR count). The maximum atomic E-state index is 10.1. The lowest BCUT2D eigenvalue weighted by atomic mass is 10.1. The molecule has 0 radical (unpaired) electrons. The third-order valence-corrected chi connectivity index (χ3v) is 4.18. The molecule has 7 heteroatoms. The number of benzene rings is 1. The number of hydrogen-bond acceptors (Lipinski definition) is 6. The van der Waals surface area contributed by atoms with Crippen molar-refractivity contribution in [1.82, 2.24) is 9.88 Å². The van der Waals surface area contributed by atoms with E-state index in [1.165, 1.54) is 12.3 Å². The van der Waals surface area contributed by atoms with Gasteiger partial charge in [-0.25, -0.2) is 0 Å². The van der Waals surface area contributed by atoms with Gasteiger partial charge in [-0.15, -0.1) is 0 Å². The molecule has 2 heterocycles. The predicted molar refractivity (Wildman–Crippen MR) is 85.9 cm³/mol. The summed E-state index contributed by atoms with van der Waals surface area (Å²) < 4.78 is 11.0. The zero-order chi connectivity index (χ0) is 16.2. The number of halogens is 1. The third kappa shape index (κ3) is 3.48. The van der Waals surface area contributed by atoms with Crippen molar-refractivity contribution < 1.29 is 14.6 Å². The van der Waals surface area contributed by atoms with Crippen LogP contribution in [0.5, 0.6) is 11.5 Å². The lowest BCUT2D eigenvalue weighted by molar-refractivity contribution is 0.0321. The fourth-order valence-corrected chi connectivity index (χ4v) is 2.72. The molecule has 1 fully saturated rings. The topological polar surface area (TPSA) is 78.6 Å². The standard InChI is InChI=1S/C16H16ClN3O3/c17-16-11(9-18)10-19-13-8-15(14(21)7-12(13)16)23-6-3-20-1-4-22-5-2-20/h7-8,10,21H,1-6H2. The molecule has 1 saturated heterocycles. The van der Waals surface area contributed by atoms with Gasteiger partial charge in [-0.05, 0) is 6.07 Å². The molecular formula is C16H16ClN3O3. The van der Waals surface area contributed by atoms with Crippen LogP contribution < -0.4 is 4.74 Å². The SMILES string of the molecule is N#Cc1cnc2cc(OCCN3CCOCC3)c(O)cc2c1Cl. The van der Waals surface area contributed by atoms with Crippen LogP contribution in [0.4, 0.5) is 0 Å². The van der Waals surface area contributed by atoms with Gasteiger partial charge in [0.25, 0.3) is 0 Å². The maximum Gasteiger partial charge on any atom is 0.163 e. The third-order valence-electron chi connectivity index (χ3n) is 3.77. The Morgan fingerprint density at radius 2 is 2.17 bits per heavy atom. The first-order chi connectivity index (χ1) is 11.2. The summed E-state index contributed by atoms with van der Waals surface area (Å²) >= 11 is 6.14. The van der Waals surface area contributed by atoms with Crippen molar-refractivity contribution in [1.29, 1.82) is 5.26 Å². The quantitative estimate of drug-likeness (QED) is 0.924. The van der Waals surface area contributed by atoms with Crippen molar-refractivity contribution >= 4 is 22.5 Å². The monoisotopic (exact) mass is 333 g/mol. The second-order valence-corrected chi connectivity index (χ2v) is 5.62. The Labute approximate surface area is 138 Å². The Kier molecular flexibility index (Phi) is 4.82. The van der Waals surface area contributed by atoms with E-state index in [1.807, 2.05) is 6.07 Å². The van der Waals surface area contributed by atoms with Crippen molar-refractivity contribution in [2.75, 3.05) is 39.5 Å². The van der Waals surface area contributed by atoms with Gasteiger partial charge in [0.15, 0.2) is 11.5 Å². The van der Waals surface area contributed by atoms with E-state index in [9.17, 15) is 5.11 Å². The van der Waals surface area contributed by atoms with Crippen LogP contribution in [0.15, 0.2) is 18.3 Å². The number of ether oxygens (including phenoxy) is 2. The molecular weight excluding hydrogens is 318 g/mol. The molecule has 1 aromatic heterocycles. The first kappa shape index (κ1) is 15.8. The minimum atomic E-state index is -0.0155. The highest BCUT2D eigenvalue weighted by Gasteiger charge is 2.13. The minimum absolute atomic E-state index is 0.0155. The van der Waals surface area contributed by atoms with Gasteiger partial charge >= 0.3 is 0 Å². The van der Waals surface area contributed by atoms with E-state index in [2.05, 4.69) is 9.88 Å². The van der Waals surface area contributed by atoms with E-state index in [-0.39, 0.29) is 16.3 Å². The van der Waals surface area contributed by atoms with Gasteiger partial charge < -0.3 is 14.6 Å². The Bertz CT molecular complexity index is 754. The second kappa shape index (κ2) is 7.01. The molecule has 1 aliphatic rings. The molecule has 0 bridgehead atoms. The van der Waals surface area contributed by atoms with Gasteiger partial charge in [0.05, 0.1) is 29.3 Å². The van der Waals surface area contributed by atoms with Gasteiger partial charge in [-0.3, -0.25) is 9.88 Å². The summed E-state index contributed by atoms with van der Waals surface area (Å²) in [5, 5.41) is 19.9. The molecule has 1 N–H and O–H groups in total. The Balaban J connectivity index is 1.74. The summed E-state index contributed by atoms with van der Waals surface area (Å²) in [6.45, 7) is 4.49. The Hall–Kier alpha value is -2.07. The number of fused-ring (bicyclic) bond motifs is 1. The van der Waals surface area contributed by atoms with Crippen molar-refractivity contribution in [3.8, 4) is 17.6 Å². The zero-order valence-corrected chi connectivity index (χ0v) is 13.2. The average Bonchev–Trinajstić information content (AvgIpc) is 2.57. The van der Waals surface area contributed by atoms with Crippen LogP contribution >= 0.6 is 11.6 Å². The number of hydrogen-bond donors (Lipinski definition) is 1. The Morgan fingerprint density at radius 1 is 1.39 bits per heavy atom. The average molecular weight is 334 g/mol. The largest absolute Gasteiger partial charge is 0.504 e. The van der Waals surface area contributed by atoms with Crippen LogP contribution in [0.1, 0.15) is 5.56 Å². The zero-order valence-electron chi connectivity index (χ0n) is 12.5. The molecule has 6 nitrogen and oxygen atoms in total. The second-order valence-electron chi connectivity index (χ2n) is 5.24. The lowest BCUT2D eigenvalue weighted by Gasteiger charge is -2.26. The molecule has 1 aromatic carbocycles. The summed E-state index contributed by atoms with van der Waals surface area (Å²) in [5.41, 5.74) is 0.854. The summed E-state index contributed by atoms with van der Waals surface area (Å²) in [4.78, 5) is 6.43. The number of rotatable bonds is 4. The van der Waals surface area contributed by atoms with E-state index in [0.29, 0.717) is 23.3 Å². The molecule has 120 valence electrons. The van der Waals surface area contributed by atoms with Crippen LogP contribution in [0.25, 0.3) is 10.9 Å². The van der Waals surface area contributed by atoms with E-state index in [1.54, 1.807) is 6.07 Å². The van der Waals surface area contributed by atoms with Crippen molar-refractivity contribution in [2.45, 2.75) is 0 Å². The minimum Gasteiger partial charge on any atom is -0.504 e. The van der Waals surface area contributed by atoms with Crippen molar-refractivity contribution in [3.05, 3.63) is 28.9 Å². The lowest BCUT2D eigenvalue weighted by Crippen LogP contribution is -2.38. The molecule has 1 aliphatic heterocycles. The van der Waals surface area contributed by atoms with E-state index in [0.717, 1.165) is 32.8 Å². The molecule has 0 unspecified atom stereocenters. The summed E-state index contributed by atoms with van der Waals surface area (Å²) in [5.74, 6) is 0.345. The first-order valence-electron chi connectivity index (χ1n) is 7.33. The summed E-state index contributed by atoms with van der Waals surface area (Å²) in [6.07, 6.45) is 1.42. The van der Waals surface area contributed by atoms with Crippen molar-refractivity contribution in [2.24, 2.45) is 0 Å². The molecule has 2 aromatic rings. The van der Waals surface area contributed by atoms with Crippen LogP contribution in [-0.2, 0) is 4.74 Å². The summed E-state index contributed by atoms with van der Waals surface area (Å²) in [6, 6.07) is 5.09. The van der Waals surface area contributed by atoms with Gasteiger partial charge in [-0.1, -0.05) is 11.6 Å². The van der Waals surface area contributed by atoms with Crippen LogP contribution in [0, 0.1) is 11.3 Å². The van der Waals surface area contributed by atoms with Crippen LogP contribution in [0.2, 0.25) is 5.02 Å². The molecule has 0 saturated carbocycles. The fourth-order valence-electron chi connectivity index (χ4n) is 2.48. The van der Waals surface area contributed by atoms with E-state index in [4.69, 9.17) is 26.3 Å². The number of aromatic hydroxyl groups is 1. The molecule has 0 spiro atoms.